The lowest BCUT2D eigenvalue weighted by molar-refractivity contribution is 0.425. The highest BCUT2D eigenvalue weighted by molar-refractivity contribution is 9.10. The first-order chi connectivity index (χ1) is 10.3. The summed E-state index contributed by atoms with van der Waals surface area (Å²) in [5.74, 6) is 1.77. The van der Waals surface area contributed by atoms with E-state index in [1.807, 2.05) is 50.1 Å². The average molecular weight is 436 g/mol. The van der Waals surface area contributed by atoms with Crippen LogP contribution >= 0.6 is 28.3 Å². The molecule has 0 atom stereocenters. The molecular formula is C16H29BBrClN4O2. The molecule has 0 spiro atoms. The first-order valence-corrected chi connectivity index (χ1v) is 7.39. The van der Waals surface area contributed by atoms with Crippen LogP contribution in [-0.2, 0) is 0 Å². The Morgan fingerprint density at radius 2 is 1.28 bits per heavy atom. The zero-order valence-electron chi connectivity index (χ0n) is 13.5. The summed E-state index contributed by atoms with van der Waals surface area (Å²) < 4.78 is 1.01. The molecule has 2 heterocycles. The minimum absolute atomic E-state index is 0. The van der Waals surface area contributed by atoms with Gasteiger partial charge in [-0.05, 0) is 34.1 Å². The summed E-state index contributed by atoms with van der Waals surface area (Å²) in [5.41, 5.74) is 0.403. The van der Waals surface area contributed by atoms with Gasteiger partial charge in [0.05, 0.1) is 0 Å². The molecule has 0 unspecified atom stereocenters. The molecule has 2 rings (SSSR count). The van der Waals surface area contributed by atoms with Crippen LogP contribution in [0.3, 0.4) is 0 Å². The summed E-state index contributed by atoms with van der Waals surface area (Å²) in [6.45, 7) is 0. The number of hydrogen-bond acceptors (Lipinski definition) is 6. The largest absolute Gasteiger partial charge is 0.490 e. The van der Waals surface area contributed by atoms with E-state index in [1.54, 1.807) is 18.3 Å². The van der Waals surface area contributed by atoms with Crippen LogP contribution in [0.5, 0.6) is 0 Å². The van der Waals surface area contributed by atoms with E-state index in [2.05, 4.69) is 25.9 Å². The molecule has 0 fully saturated rings. The summed E-state index contributed by atoms with van der Waals surface area (Å²) in [4.78, 5) is 12.0. The van der Waals surface area contributed by atoms with Crippen molar-refractivity contribution in [3.63, 3.8) is 0 Å². The van der Waals surface area contributed by atoms with Crippen LogP contribution < -0.4 is 15.3 Å². The Kier molecular flexibility index (Phi) is 15.8. The minimum Gasteiger partial charge on any atom is -0.423 e. The molecule has 2 aromatic rings. The molecule has 0 saturated carbocycles. The van der Waals surface area contributed by atoms with Gasteiger partial charge in [0.2, 0.25) is 0 Å². The fourth-order valence-electron chi connectivity index (χ4n) is 1.45. The fraction of sp³-hybridized carbons (Fsp3) is 0.375. The summed E-state index contributed by atoms with van der Waals surface area (Å²) in [6.07, 6.45) is 3.23. The normalized spacial score (nSPS) is 8.44. The molecule has 0 aromatic carbocycles. The molecule has 0 radical (unpaired) electrons. The first kappa shape index (κ1) is 28.5. The van der Waals surface area contributed by atoms with Crippen LogP contribution in [0.4, 0.5) is 11.6 Å². The van der Waals surface area contributed by atoms with Gasteiger partial charge < -0.3 is 19.8 Å². The van der Waals surface area contributed by atoms with Gasteiger partial charge >= 0.3 is 7.12 Å². The highest BCUT2D eigenvalue weighted by Gasteiger charge is 2.10. The lowest BCUT2D eigenvalue weighted by Crippen LogP contribution is -2.30. The Bertz CT molecular complexity index is 542. The monoisotopic (exact) mass is 434 g/mol. The van der Waals surface area contributed by atoms with Crippen LogP contribution in [-0.4, -0.2) is 55.3 Å². The first-order valence-electron chi connectivity index (χ1n) is 6.59. The van der Waals surface area contributed by atoms with Crippen molar-refractivity contribution in [2.24, 2.45) is 0 Å². The third kappa shape index (κ3) is 10.3. The van der Waals surface area contributed by atoms with Crippen molar-refractivity contribution in [1.82, 2.24) is 9.97 Å². The van der Waals surface area contributed by atoms with Crippen LogP contribution in [0, 0.1) is 0 Å². The van der Waals surface area contributed by atoms with Gasteiger partial charge in [0.1, 0.15) is 11.6 Å². The van der Waals surface area contributed by atoms with Crippen LogP contribution in [0.2, 0.25) is 0 Å². The Labute approximate surface area is 166 Å². The number of anilines is 2. The zero-order chi connectivity index (χ0) is 16.7. The van der Waals surface area contributed by atoms with Crippen LogP contribution in [0.15, 0.2) is 41.1 Å². The van der Waals surface area contributed by atoms with Gasteiger partial charge in [0.15, 0.2) is 0 Å². The second kappa shape index (κ2) is 13.9. The molecular weight excluding hydrogens is 406 g/mol. The second-order valence-electron chi connectivity index (χ2n) is 4.95. The van der Waals surface area contributed by atoms with Gasteiger partial charge in [0, 0.05) is 50.5 Å². The van der Waals surface area contributed by atoms with E-state index in [4.69, 9.17) is 10.0 Å². The third-order valence-electron chi connectivity index (χ3n) is 2.70. The Morgan fingerprint density at radius 1 is 0.840 bits per heavy atom. The van der Waals surface area contributed by atoms with Gasteiger partial charge in [-0.2, -0.15) is 0 Å². The summed E-state index contributed by atoms with van der Waals surface area (Å²) in [7, 11) is 6.25. The highest BCUT2D eigenvalue weighted by atomic mass is 79.9. The van der Waals surface area contributed by atoms with Crippen molar-refractivity contribution in [1.29, 1.82) is 0 Å². The van der Waals surface area contributed by atoms with Crippen molar-refractivity contribution in [3.05, 3.63) is 41.1 Å². The molecule has 6 nitrogen and oxygen atoms in total. The molecule has 9 heteroatoms. The molecule has 0 aliphatic carbocycles. The number of pyridine rings is 2. The number of halogens is 2. The highest BCUT2D eigenvalue weighted by Crippen LogP contribution is 2.11. The molecule has 0 aliphatic rings. The van der Waals surface area contributed by atoms with E-state index >= 15 is 0 Å². The molecule has 25 heavy (non-hydrogen) atoms. The molecule has 0 bridgehead atoms. The van der Waals surface area contributed by atoms with Gasteiger partial charge in [-0.25, -0.2) is 9.97 Å². The molecule has 0 aliphatic heterocycles. The minimum atomic E-state index is -1.44. The van der Waals surface area contributed by atoms with Gasteiger partial charge in [-0.1, -0.05) is 20.9 Å². The van der Waals surface area contributed by atoms with Crippen molar-refractivity contribution < 1.29 is 10.0 Å². The summed E-state index contributed by atoms with van der Waals surface area (Å²) in [5, 5.41) is 17.5. The van der Waals surface area contributed by atoms with E-state index in [1.165, 1.54) is 6.20 Å². The lowest BCUT2D eigenvalue weighted by atomic mass is 9.82. The topological polar surface area (TPSA) is 72.7 Å². The summed E-state index contributed by atoms with van der Waals surface area (Å²) >= 11 is 3.31. The van der Waals surface area contributed by atoms with E-state index in [9.17, 15) is 0 Å². The van der Waals surface area contributed by atoms with Crippen molar-refractivity contribution in [3.8, 4) is 0 Å². The van der Waals surface area contributed by atoms with Crippen molar-refractivity contribution in [2.45, 2.75) is 14.9 Å². The van der Waals surface area contributed by atoms with Gasteiger partial charge in [0.25, 0.3) is 0 Å². The lowest BCUT2D eigenvalue weighted by Gasteiger charge is -2.10. The number of hydrogen-bond donors (Lipinski definition) is 2. The second-order valence-corrected chi connectivity index (χ2v) is 5.86. The van der Waals surface area contributed by atoms with Gasteiger partial charge in [-0.3, -0.25) is 0 Å². The Hall–Kier alpha value is -1.35. The Balaban J connectivity index is -0.000000350. The number of nitrogens with zero attached hydrogens (tertiary/aromatic N) is 4. The predicted molar refractivity (Wildman–Crippen MR) is 115 cm³/mol. The quantitative estimate of drug-likeness (QED) is 0.722. The maximum absolute atomic E-state index is 8.76. The van der Waals surface area contributed by atoms with Crippen LogP contribution in [0.1, 0.15) is 14.9 Å². The molecule has 142 valence electrons. The fourth-order valence-corrected chi connectivity index (χ4v) is 1.68. The van der Waals surface area contributed by atoms with E-state index in [0.29, 0.717) is 5.46 Å². The summed E-state index contributed by atoms with van der Waals surface area (Å²) in [6, 6.07) is 7.30. The number of aromatic nitrogens is 2. The van der Waals surface area contributed by atoms with E-state index in [0.717, 1.165) is 16.1 Å². The zero-order valence-corrected chi connectivity index (χ0v) is 15.9. The standard InChI is InChI=1S/C7H11BN2O2.C7H9BrN2.2CH4.ClH/c1-10(2)7-4-3-6(5-9-7)8(11)12;1-10(2)7-4-3-6(8)5-9-7;;;/h3-5,11-12H,1-2H3;3-5H,1-2H3;2*1H4;1H. The average Bonchev–Trinajstić information content (AvgIpc) is 2.48. The Morgan fingerprint density at radius 3 is 1.56 bits per heavy atom. The maximum atomic E-state index is 8.76. The van der Waals surface area contributed by atoms with Gasteiger partial charge in [-0.15, -0.1) is 12.4 Å². The number of rotatable bonds is 3. The molecule has 0 saturated heterocycles. The van der Waals surface area contributed by atoms with Crippen LogP contribution in [0.25, 0.3) is 0 Å². The third-order valence-corrected chi connectivity index (χ3v) is 3.17. The molecule has 0 amide bonds. The van der Waals surface area contributed by atoms with E-state index < -0.39 is 7.12 Å². The predicted octanol–water partition coefficient (Wildman–Crippen LogP) is 2.43. The van der Waals surface area contributed by atoms with Crippen molar-refractivity contribution >= 4 is 52.6 Å². The van der Waals surface area contributed by atoms with Crippen molar-refractivity contribution in [2.75, 3.05) is 38.0 Å². The SMILES string of the molecule is C.C.CN(C)c1ccc(B(O)O)cn1.CN(C)c1ccc(Br)cn1.Cl. The smallest absolute Gasteiger partial charge is 0.423 e. The van der Waals surface area contributed by atoms with E-state index in [-0.39, 0.29) is 27.3 Å². The maximum Gasteiger partial charge on any atom is 0.490 e. The molecule has 2 N–H and O–H groups in total. The molecule has 2 aromatic heterocycles.